The van der Waals surface area contributed by atoms with E-state index in [-0.39, 0.29) is 5.75 Å². The van der Waals surface area contributed by atoms with Crippen molar-refractivity contribution in [3.8, 4) is 0 Å². The van der Waals surface area contributed by atoms with Crippen LogP contribution in [0.5, 0.6) is 0 Å². The molecule has 0 amide bonds. The lowest BCUT2D eigenvalue weighted by Gasteiger charge is -2.27. The van der Waals surface area contributed by atoms with E-state index in [1.807, 2.05) is 7.05 Å². The van der Waals surface area contributed by atoms with Crippen molar-refractivity contribution in [1.82, 2.24) is 10.2 Å². The fraction of sp³-hybridized carbons (Fsp3) is 1.00. The molecule has 0 heterocycles. The van der Waals surface area contributed by atoms with Crippen LogP contribution in [-0.2, 0) is 9.84 Å². The molecule has 0 bridgehead atoms. The van der Waals surface area contributed by atoms with E-state index in [2.05, 4.69) is 17.1 Å². The van der Waals surface area contributed by atoms with Gasteiger partial charge < -0.3 is 10.2 Å². The van der Waals surface area contributed by atoms with Gasteiger partial charge in [0.15, 0.2) is 0 Å². The maximum Gasteiger partial charge on any atom is 0.148 e. The van der Waals surface area contributed by atoms with Crippen LogP contribution in [0.2, 0.25) is 0 Å². The molecular formula is C13H28N2O2S. The Balaban J connectivity index is 2.06. The highest BCUT2D eigenvalue weighted by Crippen LogP contribution is 2.23. The molecule has 0 aromatic carbocycles. The van der Waals surface area contributed by atoms with Crippen molar-refractivity contribution in [2.75, 3.05) is 38.7 Å². The predicted octanol–water partition coefficient (Wildman–Crippen LogP) is 1.13. The molecular weight excluding hydrogens is 248 g/mol. The molecule has 0 spiro atoms. The molecule has 1 N–H and O–H groups in total. The molecule has 0 aromatic heterocycles. The van der Waals surface area contributed by atoms with Gasteiger partial charge in [0, 0.05) is 31.9 Å². The second-order valence-electron chi connectivity index (χ2n) is 5.84. The Kier molecular flexibility index (Phi) is 6.60. The normalized spacial score (nSPS) is 25.6. The number of nitrogens with one attached hydrogen (secondary N) is 1. The first-order valence-electron chi connectivity index (χ1n) is 6.96. The van der Waals surface area contributed by atoms with E-state index in [9.17, 15) is 8.42 Å². The summed E-state index contributed by atoms with van der Waals surface area (Å²) in [5, 5.41) is 3.58. The third-order valence-corrected chi connectivity index (χ3v) is 4.71. The van der Waals surface area contributed by atoms with Gasteiger partial charge in [-0.2, -0.15) is 0 Å². The maximum atomic E-state index is 11.0. The molecule has 1 rings (SSSR count). The van der Waals surface area contributed by atoms with Gasteiger partial charge in [-0.25, -0.2) is 8.42 Å². The van der Waals surface area contributed by atoms with Gasteiger partial charge in [-0.1, -0.05) is 6.92 Å². The van der Waals surface area contributed by atoms with Gasteiger partial charge in [0.1, 0.15) is 9.84 Å². The van der Waals surface area contributed by atoms with Crippen LogP contribution < -0.4 is 5.32 Å². The zero-order valence-electron chi connectivity index (χ0n) is 12.0. The quantitative estimate of drug-likeness (QED) is 0.757. The first-order valence-corrected chi connectivity index (χ1v) is 9.02. The van der Waals surface area contributed by atoms with E-state index in [0.29, 0.717) is 12.6 Å². The Bertz CT molecular complexity index is 322. The molecule has 18 heavy (non-hydrogen) atoms. The lowest BCUT2D eigenvalue weighted by atomic mass is 9.87. The van der Waals surface area contributed by atoms with Crippen molar-refractivity contribution in [3.05, 3.63) is 0 Å². The Morgan fingerprint density at radius 3 is 2.33 bits per heavy atom. The lowest BCUT2D eigenvalue weighted by molar-refractivity contribution is 0.287. The van der Waals surface area contributed by atoms with Crippen molar-refractivity contribution < 1.29 is 8.42 Å². The van der Waals surface area contributed by atoms with Crippen LogP contribution >= 0.6 is 0 Å². The molecule has 0 saturated heterocycles. The van der Waals surface area contributed by atoms with Gasteiger partial charge >= 0.3 is 0 Å². The van der Waals surface area contributed by atoms with E-state index in [1.54, 1.807) is 0 Å². The third kappa shape index (κ3) is 7.34. The minimum absolute atomic E-state index is 0.254. The van der Waals surface area contributed by atoms with Crippen LogP contribution in [0.4, 0.5) is 0 Å². The summed E-state index contributed by atoms with van der Waals surface area (Å²) in [6.45, 7) is 4.83. The van der Waals surface area contributed by atoms with E-state index in [0.717, 1.165) is 19.0 Å². The number of likely N-dealkylation sites (N-methyl/N-ethyl adjacent to an activating group) is 1. The number of nitrogens with zero attached hydrogens (tertiary/aromatic N) is 1. The average Bonchev–Trinajstić information content (AvgIpc) is 2.28. The van der Waals surface area contributed by atoms with Gasteiger partial charge in [-0.15, -0.1) is 0 Å². The average molecular weight is 276 g/mol. The van der Waals surface area contributed by atoms with Crippen LogP contribution in [0.15, 0.2) is 0 Å². The fourth-order valence-corrected chi connectivity index (χ4v) is 3.00. The van der Waals surface area contributed by atoms with Crippen molar-refractivity contribution >= 4 is 9.84 Å². The third-order valence-electron chi connectivity index (χ3n) is 3.79. The largest absolute Gasteiger partial charge is 0.313 e. The number of hydrogen-bond acceptors (Lipinski definition) is 4. The van der Waals surface area contributed by atoms with E-state index >= 15 is 0 Å². The summed E-state index contributed by atoms with van der Waals surface area (Å²) in [4.78, 5) is 2.08. The van der Waals surface area contributed by atoms with Crippen LogP contribution in [0.3, 0.4) is 0 Å². The highest BCUT2D eigenvalue weighted by atomic mass is 32.2. The molecule has 5 heteroatoms. The topological polar surface area (TPSA) is 49.4 Å². The number of rotatable bonds is 7. The van der Waals surface area contributed by atoms with Crippen molar-refractivity contribution in [2.24, 2.45) is 5.92 Å². The van der Waals surface area contributed by atoms with Crippen LogP contribution in [0.25, 0.3) is 0 Å². The highest BCUT2D eigenvalue weighted by Gasteiger charge is 2.17. The molecule has 108 valence electrons. The Morgan fingerprint density at radius 2 is 1.78 bits per heavy atom. The highest BCUT2D eigenvalue weighted by molar-refractivity contribution is 7.90. The summed E-state index contributed by atoms with van der Waals surface area (Å²) in [6, 6.07) is 0.671. The summed E-state index contributed by atoms with van der Waals surface area (Å²) in [5.41, 5.74) is 0. The van der Waals surface area contributed by atoms with Crippen LogP contribution in [-0.4, -0.2) is 58.1 Å². The maximum absolute atomic E-state index is 11.0. The summed E-state index contributed by atoms with van der Waals surface area (Å²) < 4.78 is 22.1. The standard InChI is InChI=1S/C13H28N2O2S/c1-12-4-6-13(7-5-12)14-8-9-15(2)10-11-18(3,16)17/h12-14H,4-11H2,1-3H3. The molecule has 0 radical (unpaired) electrons. The Hall–Kier alpha value is -0.130. The van der Waals surface area contributed by atoms with Crippen LogP contribution in [0, 0.1) is 5.92 Å². The summed E-state index contributed by atoms with van der Waals surface area (Å²) in [7, 11) is -0.851. The lowest BCUT2D eigenvalue weighted by Crippen LogP contribution is -2.38. The van der Waals surface area contributed by atoms with Gasteiger partial charge in [0.05, 0.1) is 5.75 Å². The van der Waals surface area contributed by atoms with Gasteiger partial charge in [0.2, 0.25) is 0 Å². The van der Waals surface area contributed by atoms with E-state index in [4.69, 9.17) is 0 Å². The van der Waals surface area contributed by atoms with Gasteiger partial charge in [-0.3, -0.25) is 0 Å². The minimum Gasteiger partial charge on any atom is -0.313 e. The molecule has 4 nitrogen and oxygen atoms in total. The molecule has 0 aromatic rings. The minimum atomic E-state index is -2.83. The molecule has 1 aliphatic carbocycles. The molecule has 0 unspecified atom stereocenters. The Morgan fingerprint density at radius 1 is 1.17 bits per heavy atom. The van der Waals surface area contributed by atoms with E-state index < -0.39 is 9.84 Å². The molecule has 0 aliphatic heterocycles. The zero-order chi connectivity index (χ0) is 13.6. The molecule has 1 fully saturated rings. The molecule has 1 aliphatic rings. The predicted molar refractivity (Wildman–Crippen MR) is 76.6 cm³/mol. The SMILES string of the molecule is CC1CCC(NCCN(C)CCS(C)(=O)=O)CC1. The van der Waals surface area contributed by atoms with Crippen molar-refractivity contribution in [3.63, 3.8) is 0 Å². The van der Waals surface area contributed by atoms with Crippen LogP contribution in [0.1, 0.15) is 32.6 Å². The molecule has 1 saturated carbocycles. The smallest absolute Gasteiger partial charge is 0.148 e. The summed E-state index contributed by atoms with van der Waals surface area (Å²) >= 11 is 0. The zero-order valence-corrected chi connectivity index (χ0v) is 12.8. The second-order valence-corrected chi connectivity index (χ2v) is 8.10. The summed E-state index contributed by atoms with van der Waals surface area (Å²) in [5.74, 6) is 1.14. The van der Waals surface area contributed by atoms with E-state index in [1.165, 1.54) is 31.9 Å². The Labute approximate surface area is 112 Å². The molecule has 0 atom stereocenters. The van der Waals surface area contributed by atoms with Gasteiger partial charge in [-0.05, 0) is 38.6 Å². The fourth-order valence-electron chi connectivity index (χ4n) is 2.36. The monoisotopic (exact) mass is 276 g/mol. The van der Waals surface area contributed by atoms with Crippen molar-refractivity contribution in [2.45, 2.75) is 38.6 Å². The van der Waals surface area contributed by atoms with Gasteiger partial charge in [0.25, 0.3) is 0 Å². The summed E-state index contributed by atoms with van der Waals surface area (Å²) in [6.07, 6.45) is 6.54. The number of sulfone groups is 1. The second kappa shape index (κ2) is 7.46. The first kappa shape index (κ1) is 15.9. The first-order chi connectivity index (χ1) is 8.37. The van der Waals surface area contributed by atoms with Crippen molar-refractivity contribution in [1.29, 1.82) is 0 Å². The number of hydrogen-bond donors (Lipinski definition) is 1.